The minimum Gasteiger partial charge on any atom is -0.497 e. The topological polar surface area (TPSA) is 67.2 Å². The molecule has 4 aromatic rings. The van der Waals surface area contributed by atoms with Crippen LogP contribution < -0.4 is 10.1 Å². The first-order valence-electron chi connectivity index (χ1n) is 8.49. The Labute approximate surface area is 144 Å². The first-order valence-corrected chi connectivity index (χ1v) is 8.49. The zero-order valence-electron chi connectivity index (χ0n) is 14.0. The van der Waals surface area contributed by atoms with Gasteiger partial charge in [0.25, 0.3) is 5.78 Å². The molecule has 1 fully saturated rings. The molecular formula is C19H19N5O. The Balaban J connectivity index is 1.41. The van der Waals surface area contributed by atoms with Gasteiger partial charge in [-0.25, -0.2) is 9.50 Å². The summed E-state index contributed by atoms with van der Waals surface area (Å²) < 4.78 is 7.15. The summed E-state index contributed by atoms with van der Waals surface area (Å²) in [7, 11) is 1.66. The molecule has 2 aromatic carbocycles. The number of imidazole rings is 1. The normalized spacial score (nSPS) is 15.6. The zero-order valence-corrected chi connectivity index (χ0v) is 14.0. The summed E-state index contributed by atoms with van der Waals surface area (Å²) in [5, 5.41) is 6.76. The van der Waals surface area contributed by atoms with Gasteiger partial charge in [0.1, 0.15) is 5.75 Å². The van der Waals surface area contributed by atoms with E-state index < -0.39 is 0 Å². The van der Waals surface area contributed by atoms with Crippen molar-refractivity contribution in [3.05, 3.63) is 54.1 Å². The Morgan fingerprint density at radius 3 is 2.76 bits per heavy atom. The van der Waals surface area contributed by atoms with Gasteiger partial charge >= 0.3 is 0 Å². The van der Waals surface area contributed by atoms with Crippen LogP contribution in [0.5, 0.6) is 5.75 Å². The molecule has 1 aliphatic rings. The molecular weight excluding hydrogens is 314 g/mol. The molecule has 0 saturated heterocycles. The lowest BCUT2D eigenvalue weighted by Crippen LogP contribution is -2.20. The molecule has 5 rings (SSSR count). The molecule has 0 amide bonds. The van der Waals surface area contributed by atoms with E-state index in [1.54, 1.807) is 7.11 Å². The van der Waals surface area contributed by atoms with Gasteiger partial charge in [-0.15, -0.1) is 0 Å². The fraction of sp³-hybridized carbons (Fsp3) is 0.263. The minimum absolute atomic E-state index is 0.242. The van der Waals surface area contributed by atoms with Crippen LogP contribution in [0.1, 0.15) is 18.4 Å². The number of aromatic amines is 1. The van der Waals surface area contributed by atoms with E-state index in [0.29, 0.717) is 5.78 Å². The average molecular weight is 333 g/mol. The molecule has 1 saturated carbocycles. The van der Waals surface area contributed by atoms with Gasteiger partial charge in [-0.05, 0) is 30.5 Å². The maximum Gasteiger partial charge on any atom is 0.253 e. The molecule has 0 radical (unpaired) electrons. The van der Waals surface area contributed by atoms with Crippen LogP contribution in [0.2, 0.25) is 0 Å². The summed E-state index contributed by atoms with van der Waals surface area (Å²) >= 11 is 0. The molecule has 0 unspecified atom stereocenters. The monoisotopic (exact) mass is 333 g/mol. The summed E-state index contributed by atoms with van der Waals surface area (Å²) in [6.07, 6.45) is 2.43. The molecule has 126 valence electrons. The van der Waals surface area contributed by atoms with Crippen molar-refractivity contribution in [1.29, 1.82) is 0 Å². The smallest absolute Gasteiger partial charge is 0.253 e. The fourth-order valence-corrected chi connectivity index (χ4v) is 3.43. The molecule has 2 aromatic heterocycles. The van der Waals surface area contributed by atoms with Gasteiger partial charge in [0.15, 0.2) is 0 Å². The molecule has 1 aliphatic carbocycles. The maximum atomic E-state index is 5.25. The van der Waals surface area contributed by atoms with E-state index in [9.17, 15) is 0 Å². The molecule has 6 nitrogen and oxygen atoms in total. The first-order chi connectivity index (χ1) is 12.3. The van der Waals surface area contributed by atoms with E-state index >= 15 is 0 Å². The Hall–Kier alpha value is -3.02. The third-order valence-corrected chi connectivity index (χ3v) is 5.11. The van der Waals surface area contributed by atoms with Crippen LogP contribution in [-0.4, -0.2) is 33.2 Å². The number of hydrogen-bond acceptors (Lipinski definition) is 4. The summed E-state index contributed by atoms with van der Waals surface area (Å²) in [5.41, 5.74) is 3.50. The zero-order chi connectivity index (χ0) is 16.9. The van der Waals surface area contributed by atoms with Crippen LogP contribution in [0.25, 0.3) is 16.8 Å². The highest BCUT2D eigenvalue weighted by atomic mass is 16.5. The predicted octanol–water partition coefficient (Wildman–Crippen LogP) is 3.36. The Morgan fingerprint density at radius 2 is 2.00 bits per heavy atom. The summed E-state index contributed by atoms with van der Waals surface area (Å²) in [6, 6.07) is 16.5. The van der Waals surface area contributed by atoms with E-state index in [-0.39, 0.29) is 5.41 Å². The Bertz CT molecular complexity index is 1050. The van der Waals surface area contributed by atoms with Crippen LogP contribution in [0.15, 0.2) is 48.5 Å². The standard InChI is InChI=1S/C19H19N5O/c1-25-14-7-8-16-15(11-14)21-18-22-17(23-24(16)18)20-12-19(9-10-19)13-5-3-2-4-6-13/h2-8,11H,9-10,12H2,1H3,(H2,20,21,22,23). The number of nitrogens with zero attached hydrogens (tertiary/aromatic N) is 3. The number of hydrogen-bond donors (Lipinski definition) is 2. The lowest BCUT2D eigenvalue weighted by Gasteiger charge is -2.15. The van der Waals surface area contributed by atoms with E-state index in [0.717, 1.165) is 29.3 Å². The van der Waals surface area contributed by atoms with Gasteiger partial charge in [-0.2, -0.15) is 4.98 Å². The van der Waals surface area contributed by atoms with Crippen LogP contribution in [0.3, 0.4) is 0 Å². The van der Waals surface area contributed by atoms with Crippen LogP contribution in [-0.2, 0) is 5.41 Å². The van der Waals surface area contributed by atoms with Gasteiger partial charge < -0.3 is 10.1 Å². The second kappa shape index (κ2) is 5.24. The summed E-state index contributed by atoms with van der Waals surface area (Å²) in [4.78, 5) is 9.14. The number of H-pyrrole nitrogens is 1. The third kappa shape index (κ3) is 2.33. The van der Waals surface area contributed by atoms with E-state index in [1.165, 1.54) is 18.4 Å². The molecule has 0 atom stereocenters. The second-order valence-corrected chi connectivity index (χ2v) is 6.67. The van der Waals surface area contributed by atoms with Crippen molar-refractivity contribution in [2.45, 2.75) is 18.3 Å². The van der Waals surface area contributed by atoms with Crippen molar-refractivity contribution >= 4 is 22.8 Å². The Kier molecular flexibility index (Phi) is 3.00. The molecule has 2 N–H and O–H groups in total. The van der Waals surface area contributed by atoms with E-state index in [1.807, 2.05) is 22.7 Å². The average Bonchev–Trinajstić information content (AvgIpc) is 3.24. The largest absolute Gasteiger partial charge is 0.497 e. The lowest BCUT2D eigenvalue weighted by atomic mass is 9.96. The number of fused-ring (bicyclic) bond motifs is 3. The van der Waals surface area contributed by atoms with Gasteiger partial charge in [0, 0.05) is 18.0 Å². The molecule has 6 heteroatoms. The van der Waals surface area contributed by atoms with Crippen LogP contribution >= 0.6 is 0 Å². The molecule has 0 bridgehead atoms. The number of ether oxygens (including phenoxy) is 1. The van der Waals surface area contributed by atoms with Crippen LogP contribution in [0.4, 0.5) is 5.95 Å². The molecule has 25 heavy (non-hydrogen) atoms. The quantitative estimate of drug-likeness (QED) is 0.588. The van der Waals surface area contributed by atoms with Crippen molar-refractivity contribution in [2.24, 2.45) is 0 Å². The fourth-order valence-electron chi connectivity index (χ4n) is 3.43. The Morgan fingerprint density at radius 1 is 1.16 bits per heavy atom. The van der Waals surface area contributed by atoms with Crippen molar-refractivity contribution < 1.29 is 4.74 Å². The van der Waals surface area contributed by atoms with Gasteiger partial charge in [0.2, 0.25) is 5.95 Å². The molecule has 0 aliphatic heterocycles. The third-order valence-electron chi connectivity index (χ3n) is 5.11. The van der Waals surface area contributed by atoms with E-state index in [4.69, 9.17) is 4.74 Å². The maximum absolute atomic E-state index is 5.25. The second-order valence-electron chi connectivity index (χ2n) is 6.67. The number of methoxy groups -OCH3 is 1. The highest BCUT2D eigenvalue weighted by molar-refractivity contribution is 5.80. The van der Waals surface area contributed by atoms with Crippen molar-refractivity contribution in [1.82, 2.24) is 19.6 Å². The van der Waals surface area contributed by atoms with Gasteiger partial charge in [-0.3, -0.25) is 5.10 Å². The SMILES string of the molecule is COc1ccc2c(c1)nc1nc(NCC3(c4ccccc4)CC3)[nH]n12. The molecule has 0 spiro atoms. The number of aromatic nitrogens is 4. The first kappa shape index (κ1) is 14.3. The van der Waals surface area contributed by atoms with Gasteiger partial charge in [0.05, 0.1) is 18.1 Å². The van der Waals surface area contributed by atoms with E-state index in [2.05, 4.69) is 50.7 Å². The highest BCUT2D eigenvalue weighted by Gasteiger charge is 2.44. The van der Waals surface area contributed by atoms with Crippen molar-refractivity contribution in [2.75, 3.05) is 19.0 Å². The van der Waals surface area contributed by atoms with Crippen molar-refractivity contribution in [3.8, 4) is 5.75 Å². The van der Waals surface area contributed by atoms with Crippen LogP contribution in [0, 0.1) is 0 Å². The van der Waals surface area contributed by atoms with Crippen molar-refractivity contribution in [3.63, 3.8) is 0 Å². The number of rotatable bonds is 5. The molecule has 2 heterocycles. The minimum atomic E-state index is 0.242. The predicted molar refractivity (Wildman–Crippen MR) is 97.2 cm³/mol. The van der Waals surface area contributed by atoms with Gasteiger partial charge in [-0.1, -0.05) is 30.3 Å². The number of nitrogens with one attached hydrogen (secondary N) is 2. The number of anilines is 1. The lowest BCUT2D eigenvalue weighted by molar-refractivity contribution is 0.415. The summed E-state index contributed by atoms with van der Waals surface area (Å²) in [5.74, 6) is 2.21. The number of benzene rings is 2. The highest BCUT2D eigenvalue weighted by Crippen LogP contribution is 2.47. The summed E-state index contributed by atoms with van der Waals surface area (Å²) in [6.45, 7) is 0.874.